The molecule has 3 nitrogen and oxygen atoms in total. The predicted octanol–water partition coefficient (Wildman–Crippen LogP) is 2.16. The summed E-state index contributed by atoms with van der Waals surface area (Å²) in [7, 11) is 1.80. The van der Waals surface area contributed by atoms with Gasteiger partial charge in [-0.2, -0.15) is 0 Å². The molecule has 0 fully saturated rings. The van der Waals surface area contributed by atoms with Crippen molar-refractivity contribution in [3.63, 3.8) is 0 Å². The summed E-state index contributed by atoms with van der Waals surface area (Å²) in [4.78, 5) is 0. The number of para-hydroxylation sites is 1. The Morgan fingerprint density at radius 1 is 1.35 bits per heavy atom. The number of benzene rings is 1. The lowest BCUT2D eigenvalue weighted by Gasteiger charge is -2.18. The summed E-state index contributed by atoms with van der Waals surface area (Å²) >= 11 is 5.04. The van der Waals surface area contributed by atoms with Gasteiger partial charge in [-0.25, -0.2) is 0 Å². The minimum absolute atomic E-state index is 0.175. The first-order valence-electron chi connectivity index (χ1n) is 5.72. The van der Waals surface area contributed by atoms with Crippen LogP contribution in [0.1, 0.15) is 18.1 Å². The SMILES string of the molecule is CNC(=S)NC(C)COc1c(C)cccc1C. The van der Waals surface area contributed by atoms with Gasteiger partial charge in [0.15, 0.2) is 5.11 Å². The third-order valence-corrected chi connectivity index (χ3v) is 2.81. The molecule has 2 N–H and O–H groups in total. The Labute approximate surface area is 109 Å². The summed E-state index contributed by atoms with van der Waals surface area (Å²) in [5, 5.41) is 6.66. The Hall–Kier alpha value is -1.29. The van der Waals surface area contributed by atoms with Crippen LogP contribution in [0.5, 0.6) is 5.75 Å². The molecule has 0 aliphatic rings. The van der Waals surface area contributed by atoms with Crippen molar-refractivity contribution in [2.75, 3.05) is 13.7 Å². The molecule has 0 heterocycles. The smallest absolute Gasteiger partial charge is 0.166 e. The molecule has 1 aromatic rings. The summed E-state index contributed by atoms with van der Waals surface area (Å²) in [6.45, 7) is 6.74. The Morgan fingerprint density at radius 2 is 1.94 bits per heavy atom. The van der Waals surface area contributed by atoms with E-state index in [1.807, 2.05) is 13.0 Å². The highest BCUT2D eigenvalue weighted by Gasteiger charge is 2.07. The Balaban J connectivity index is 2.53. The van der Waals surface area contributed by atoms with E-state index in [9.17, 15) is 0 Å². The van der Waals surface area contributed by atoms with Crippen molar-refractivity contribution in [1.29, 1.82) is 0 Å². The largest absolute Gasteiger partial charge is 0.491 e. The number of aryl methyl sites for hydroxylation is 2. The molecule has 0 amide bonds. The number of ether oxygens (including phenoxy) is 1. The number of rotatable bonds is 4. The molecule has 0 saturated carbocycles. The fourth-order valence-electron chi connectivity index (χ4n) is 1.57. The van der Waals surface area contributed by atoms with Gasteiger partial charge in [-0.1, -0.05) is 18.2 Å². The second kappa shape index (κ2) is 6.45. The van der Waals surface area contributed by atoms with E-state index in [2.05, 4.69) is 36.6 Å². The molecule has 0 radical (unpaired) electrons. The van der Waals surface area contributed by atoms with Gasteiger partial charge in [0.05, 0.1) is 6.04 Å². The van der Waals surface area contributed by atoms with E-state index >= 15 is 0 Å². The number of thiocarbonyl (C=S) groups is 1. The molecule has 1 unspecified atom stereocenters. The normalized spacial score (nSPS) is 11.8. The van der Waals surface area contributed by atoms with E-state index < -0.39 is 0 Å². The van der Waals surface area contributed by atoms with Crippen molar-refractivity contribution in [2.24, 2.45) is 0 Å². The molecule has 0 bridgehead atoms. The number of nitrogens with one attached hydrogen (secondary N) is 2. The Morgan fingerprint density at radius 3 is 2.47 bits per heavy atom. The van der Waals surface area contributed by atoms with Gasteiger partial charge in [0.1, 0.15) is 12.4 Å². The van der Waals surface area contributed by atoms with E-state index in [-0.39, 0.29) is 6.04 Å². The summed E-state index contributed by atoms with van der Waals surface area (Å²) < 4.78 is 5.82. The molecule has 0 spiro atoms. The van der Waals surface area contributed by atoms with E-state index in [0.29, 0.717) is 11.7 Å². The van der Waals surface area contributed by atoms with Gasteiger partial charge in [-0.3, -0.25) is 0 Å². The van der Waals surface area contributed by atoms with E-state index in [4.69, 9.17) is 17.0 Å². The minimum Gasteiger partial charge on any atom is -0.491 e. The predicted molar refractivity (Wildman–Crippen MR) is 75.7 cm³/mol. The van der Waals surface area contributed by atoms with Crippen LogP contribution in [0.15, 0.2) is 18.2 Å². The summed E-state index contributed by atoms with van der Waals surface area (Å²) in [6, 6.07) is 6.32. The molecule has 0 aliphatic carbocycles. The zero-order valence-corrected chi connectivity index (χ0v) is 11.6. The van der Waals surface area contributed by atoms with Crippen LogP contribution in [-0.4, -0.2) is 24.8 Å². The Kier molecular flexibility index (Phi) is 5.22. The van der Waals surface area contributed by atoms with Gasteiger partial charge in [-0.15, -0.1) is 0 Å². The van der Waals surface area contributed by atoms with Crippen molar-refractivity contribution in [2.45, 2.75) is 26.8 Å². The highest BCUT2D eigenvalue weighted by molar-refractivity contribution is 7.80. The van der Waals surface area contributed by atoms with Gasteiger partial charge < -0.3 is 15.4 Å². The zero-order chi connectivity index (χ0) is 12.8. The fourth-order valence-corrected chi connectivity index (χ4v) is 1.77. The van der Waals surface area contributed by atoms with E-state index in [0.717, 1.165) is 16.9 Å². The quantitative estimate of drug-likeness (QED) is 0.805. The van der Waals surface area contributed by atoms with E-state index in [1.165, 1.54) is 0 Å². The van der Waals surface area contributed by atoms with Crippen LogP contribution in [0.2, 0.25) is 0 Å². The fraction of sp³-hybridized carbons (Fsp3) is 0.462. The summed E-state index contributed by atoms with van der Waals surface area (Å²) in [5.41, 5.74) is 2.32. The van der Waals surface area contributed by atoms with Crippen LogP contribution in [0.4, 0.5) is 0 Å². The van der Waals surface area contributed by atoms with Gasteiger partial charge in [-0.05, 0) is 44.1 Å². The number of hydrogen-bond donors (Lipinski definition) is 2. The average molecular weight is 252 g/mol. The topological polar surface area (TPSA) is 33.3 Å². The first-order valence-corrected chi connectivity index (χ1v) is 6.12. The maximum Gasteiger partial charge on any atom is 0.166 e. The van der Waals surface area contributed by atoms with Crippen LogP contribution >= 0.6 is 12.2 Å². The molecule has 1 rings (SSSR count). The molecule has 0 aliphatic heterocycles. The van der Waals surface area contributed by atoms with Crippen LogP contribution in [0.3, 0.4) is 0 Å². The maximum absolute atomic E-state index is 5.82. The second-order valence-corrected chi connectivity index (χ2v) is 4.56. The highest BCUT2D eigenvalue weighted by atomic mass is 32.1. The lowest BCUT2D eigenvalue weighted by atomic mass is 10.1. The van der Waals surface area contributed by atoms with Gasteiger partial charge >= 0.3 is 0 Å². The molecule has 0 saturated heterocycles. The molecular weight excluding hydrogens is 232 g/mol. The van der Waals surface area contributed by atoms with Crippen molar-refractivity contribution in [3.8, 4) is 5.75 Å². The van der Waals surface area contributed by atoms with Crippen molar-refractivity contribution in [3.05, 3.63) is 29.3 Å². The second-order valence-electron chi connectivity index (χ2n) is 4.16. The standard InChI is InChI=1S/C13H20N2OS/c1-9-6-5-7-10(2)12(9)16-8-11(3)15-13(17)14-4/h5-7,11H,8H2,1-4H3,(H2,14,15,17). The first-order chi connectivity index (χ1) is 8.04. The van der Waals surface area contributed by atoms with Gasteiger partial charge in [0, 0.05) is 7.05 Å². The molecule has 0 aromatic heterocycles. The molecule has 1 atom stereocenters. The maximum atomic E-state index is 5.82. The third kappa shape index (κ3) is 4.23. The first kappa shape index (κ1) is 13.8. The van der Waals surface area contributed by atoms with E-state index in [1.54, 1.807) is 7.05 Å². The van der Waals surface area contributed by atoms with Crippen molar-refractivity contribution in [1.82, 2.24) is 10.6 Å². The van der Waals surface area contributed by atoms with Gasteiger partial charge in [0.2, 0.25) is 0 Å². The van der Waals surface area contributed by atoms with Gasteiger partial charge in [0.25, 0.3) is 0 Å². The average Bonchev–Trinajstić information content (AvgIpc) is 2.28. The number of hydrogen-bond acceptors (Lipinski definition) is 2. The lowest BCUT2D eigenvalue weighted by Crippen LogP contribution is -2.41. The highest BCUT2D eigenvalue weighted by Crippen LogP contribution is 2.22. The monoisotopic (exact) mass is 252 g/mol. The summed E-state index contributed by atoms with van der Waals surface area (Å²) in [5.74, 6) is 0.969. The Bertz CT molecular complexity index is 373. The molecule has 4 heteroatoms. The van der Waals surface area contributed by atoms with Crippen LogP contribution < -0.4 is 15.4 Å². The zero-order valence-electron chi connectivity index (χ0n) is 10.8. The molecule has 94 valence electrons. The van der Waals surface area contributed by atoms with Crippen molar-refractivity contribution < 1.29 is 4.74 Å². The lowest BCUT2D eigenvalue weighted by molar-refractivity contribution is 0.283. The van der Waals surface area contributed by atoms with Crippen LogP contribution in [0, 0.1) is 13.8 Å². The summed E-state index contributed by atoms with van der Waals surface area (Å²) in [6.07, 6.45) is 0. The molecule has 17 heavy (non-hydrogen) atoms. The molecular formula is C13H20N2OS. The van der Waals surface area contributed by atoms with Crippen LogP contribution in [0.25, 0.3) is 0 Å². The van der Waals surface area contributed by atoms with Crippen molar-refractivity contribution >= 4 is 17.3 Å². The molecule has 1 aromatic carbocycles. The minimum atomic E-state index is 0.175. The van der Waals surface area contributed by atoms with Crippen LogP contribution in [-0.2, 0) is 0 Å². The third-order valence-electron chi connectivity index (χ3n) is 2.49.